The largest absolute Gasteiger partial charge is 0.356 e. The van der Waals surface area contributed by atoms with Crippen molar-refractivity contribution in [2.24, 2.45) is 0 Å². The zero-order chi connectivity index (χ0) is 19.3. The molecule has 1 nitrogen and oxygen atoms in total. The number of benzene rings is 2. The van der Waals surface area contributed by atoms with E-state index in [0.717, 1.165) is 24.2 Å². The third-order valence-corrected chi connectivity index (χ3v) is 3.99. The van der Waals surface area contributed by atoms with Gasteiger partial charge >= 0.3 is 0 Å². The first-order valence-electron chi connectivity index (χ1n) is 9.50. The van der Waals surface area contributed by atoms with Gasteiger partial charge in [0.15, 0.2) is 0 Å². The molecule has 0 unspecified atom stereocenters. The average Bonchev–Trinajstić information content (AvgIpc) is 2.69. The van der Waals surface area contributed by atoms with Crippen LogP contribution in [-0.2, 0) is 0 Å². The Hall–Kier alpha value is -3.06. The maximum Gasteiger partial charge on any atom is 0.0384 e. The molecule has 138 valence electrons. The first-order chi connectivity index (χ1) is 13.2. The molecular formula is C26H29N. The van der Waals surface area contributed by atoms with Crippen molar-refractivity contribution in [3.8, 4) is 0 Å². The summed E-state index contributed by atoms with van der Waals surface area (Å²) in [7, 11) is 0. The number of allylic oxidation sites excluding steroid dienone is 7. The van der Waals surface area contributed by atoms with Crippen LogP contribution in [0.25, 0.3) is 12.2 Å². The van der Waals surface area contributed by atoms with E-state index in [1.807, 2.05) is 13.0 Å². The first kappa shape index (κ1) is 20.3. The van der Waals surface area contributed by atoms with E-state index in [0.29, 0.717) is 0 Å². The molecule has 0 amide bonds. The predicted molar refractivity (Wildman–Crippen MR) is 122 cm³/mol. The normalized spacial score (nSPS) is 12.3. The molecule has 0 bridgehead atoms. The van der Waals surface area contributed by atoms with Crippen LogP contribution in [0.3, 0.4) is 0 Å². The van der Waals surface area contributed by atoms with Crippen LogP contribution in [0, 0.1) is 0 Å². The highest BCUT2D eigenvalue weighted by atomic mass is 14.9. The Morgan fingerprint density at radius 2 is 1.48 bits per heavy atom. The zero-order valence-corrected chi connectivity index (χ0v) is 16.4. The lowest BCUT2D eigenvalue weighted by Crippen LogP contribution is -1.89. The third kappa shape index (κ3) is 7.37. The van der Waals surface area contributed by atoms with Crippen molar-refractivity contribution >= 4 is 23.5 Å². The summed E-state index contributed by atoms with van der Waals surface area (Å²) in [6.07, 6.45) is 18.8. The minimum absolute atomic E-state index is 0.894. The standard InChI is InChI=1S/C26H29N/c1-4-7-8-11-23-14-18-25(19-15-23)27-26-20-16-24(17-21-26)13-12-22(9-5-2)10-6-3/h4-5,8-21,27H,1,6-7H2,2-3H3/b9-5-,11-8+,13-12+,22-10+. The molecule has 0 aliphatic rings. The Morgan fingerprint density at radius 3 is 2.00 bits per heavy atom. The maximum absolute atomic E-state index is 3.72. The van der Waals surface area contributed by atoms with Gasteiger partial charge in [0, 0.05) is 11.4 Å². The van der Waals surface area contributed by atoms with Gasteiger partial charge < -0.3 is 5.32 Å². The molecule has 0 saturated heterocycles. The van der Waals surface area contributed by atoms with E-state index in [9.17, 15) is 0 Å². The quantitative estimate of drug-likeness (QED) is 0.355. The minimum atomic E-state index is 0.894. The lowest BCUT2D eigenvalue weighted by Gasteiger charge is -2.07. The van der Waals surface area contributed by atoms with Gasteiger partial charge in [0.2, 0.25) is 0 Å². The molecule has 2 aromatic rings. The van der Waals surface area contributed by atoms with E-state index >= 15 is 0 Å². The van der Waals surface area contributed by atoms with Crippen molar-refractivity contribution in [1.82, 2.24) is 0 Å². The molecule has 0 radical (unpaired) electrons. The van der Waals surface area contributed by atoms with Crippen LogP contribution < -0.4 is 5.32 Å². The fourth-order valence-electron chi connectivity index (χ4n) is 2.63. The number of hydrogen-bond acceptors (Lipinski definition) is 1. The van der Waals surface area contributed by atoms with E-state index in [-0.39, 0.29) is 0 Å². The molecule has 0 aliphatic carbocycles. The Balaban J connectivity index is 1.99. The molecule has 0 spiro atoms. The number of anilines is 2. The number of rotatable bonds is 9. The fraction of sp³-hybridized carbons (Fsp3) is 0.154. The van der Waals surface area contributed by atoms with Gasteiger partial charge in [-0.3, -0.25) is 0 Å². The molecule has 27 heavy (non-hydrogen) atoms. The summed E-state index contributed by atoms with van der Waals surface area (Å²) in [6, 6.07) is 16.9. The van der Waals surface area contributed by atoms with Crippen LogP contribution in [0.15, 0.2) is 97.1 Å². The van der Waals surface area contributed by atoms with Crippen LogP contribution in [-0.4, -0.2) is 0 Å². The monoisotopic (exact) mass is 355 g/mol. The number of nitrogens with one attached hydrogen (secondary N) is 1. The highest BCUT2D eigenvalue weighted by molar-refractivity contribution is 5.64. The molecular weight excluding hydrogens is 326 g/mol. The van der Waals surface area contributed by atoms with Crippen molar-refractivity contribution in [3.63, 3.8) is 0 Å². The molecule has 0 saturated carbocycles. The second-order valence-corrected chi connectivity index (χ2v) is 6.24. The van der Waals surface area contributed by atoms with Gasteiger partial charge in [0.25, 0.3) is 0 Å². The molecule has 1 heteroatoms. The lowest BCUT2D eigenvalue weighted by atomic mass is 10.1. The van der Waals surface area contributed by atoms with Crippen molar-refractivity contribution < 1.29 is 0 Å². The summed E-state index contributed by atoms with van der Waals surface area (Å²) >= 11 is 0. The van der Waals surface area contributed by atoms with Gasteiger partial charge in [-0.15, -0.1) is 6.58 Å². The van der Waals surface area contributed by atoms with E-state index in [2.05, 4.69) is 110 Å². The molecule has 0 aromatic heterocycles. The van der Waals surface area contributed by atoms with E-state index in [4.69, 9.17) is 0 Å². The van der Waals surface area contributed by atoms with Crippen LogP contribution in [0.4, 0.5) is 11.4 Å². The van der Waals surface area contributed by atoms with Crippen LogP contribution in [0.2, 0.25) is 0 Å². The second-order valence-electron chi connectivity index (χ2n) is 6.24. The molecule has 0 fully saturated rings. The smallest absolute Gasteiger partial charge is 0.0384 e. The van der Waals surface area contributed by atoms with E-state index in [1.54, 1.807) is 0 Å². The minimum Gasteiger partial charge on any atom is -0.356 e. The Bertz CT molecular complexity index is 816. The topological polar surface area (TPSA) is 12.0 Å². The van der Waals surface area contributed by atoms with Crippen LogP contribution in [0.5, 0.6) is 0 Å². The maximum atomic E-state index is 3.72. The second kappa shape index (κ2) is 11.5. The van der Waals surface area contributed by atoms with Crippen molar-refractivity contribution in [2.45, 2.75) is 26.7 Å². The van der Waals surface area contributed by atoms with Gasteiger partial charge in [0.05, 0.1) is 0 Å². The highest BCUT2D eigenvalue weighted by Gasteiger charge is 1.95. The molecule has 1 N–H and O–H groups in total. The van der Waals surface area contributed by atoms with E-state index in [1.165, 1.54) is 16.7 Å². The average molecular weight is 356 g/mol. The van der Waals surface area contributed by atoms with Crippen molar-refractivity contribution in [2.75, 3.05) is 5.32 Å². The summed E-state index contributed by atoms with van der Waals surface area (Å²) in [5.41, 5.74) is 5.79. The predicted octanol–water partition coefficient (Wildman–Crippen LogP) is 7.95. The Labute approximate surface area is 164 Å². The van der Waals surface area contributed by atoms with Gasteiger partial charge in [-0.25, -0.2) is 0 Å². The Kier molecular flexibility index (Phi) is 8.65. The van der Waals surface area contributed by atoms with Crippen molar-refractivity contribution in [1.29, 1.82) is 0 Å². The van der Waals surface area contributed by atoms with Gasteiger partial charge in [0.1, 0.15) is 0 Å². The SMILES string of the molecule is C=CC/C=C/c1ccc(Nc2ccc(/C=C/C(/C=C\C)=C/CC)cc2)cc1. The summed E-state index contributed by atoms with van der Waals surface area (Å²) in [6.45, 7) is 7.92. The lowest BCUT2D eigenvalue weighted by molar-refractivity contribution is 1.21. The first-order valence-corrected chi connectivity index (χ1v) is 9.50. The summed E-state index contributed by atoms with van der Waals surface area (Å²) in [4.78, 5) is 0. The Morgan fingerprint density at radius 1 is 0.889 bits per heavy atom. The molecule has 0 aliphatic heterocycles. The zero-order valence-electron chi connectivity index (χ0n) is 16.4. The van der Waals surface area contributed by atoms with Crippen LogP contribution >= 0.6 is 0 Å². The van der Waals surface area contributed by atoms with Crippen molar-refractivity contribution in [3.05, 3.63) is 108 Å². The van der Waals surface area contributed by atoms with Crippen LogP contribution in [0.1, 0.15) is 37.8 Å². The van der Waals surface area contributed by atoms with Gasteiger partial charge in [-0.2, -0.15) is 0 Å². The summed E-state index contributed by atoms with van der Waals surface area (Å²) in [5, 5.41) is 3.44. The van der Waals surface area contributed by atoms with E-state index < -0.39 is 0 Å². The van der Waals surface area contributed by atoms with Gasteiger partial charge in [-0.05, 0) is 60.7 Å². The highest BCUT2D eigenvalue weighted by Crippen LogP contribution is 2.19. The molecule has 2 rings (SSSR count). The molecule has 2 aromatic carbocycles. The molecule has 0 heterocycles. The third-order valence-electron chi connectivity index (χ3n) is 3.99. The fourth-order valence-corrected chi connectivity index (χ4v) is 2.63. The summed E-state index contributed by atoms with van der Waals surface area (Å²) in [5.74, 6) is 0. The summed E-state index contributed by atoms with van der Waals surface area (Å²) < 4.78 is 0. The molecule has 0 atom stereocenters. The van der Waals surface area contributed by atoms with Gasteiger partial charge in [-0.1, -0.05) is 79.8 Å². The number of hydrogen-bond donors (Lipinski definition) is 1.